The van der Waals surface area contributed by atoms with E-state index in [1.807, 2.05) is 13.8 Å². The number of tetrazole rings is 2. The van der Waals surface area contributed by atoms with Gasteiger partial charge in [0.1, 0.15) is 11.7 Å². The molecule has 4 rings (SSSR count). The van der Waals surface area contributed by atoms with Crippen molar-refractivity contribution in [1.82, 2.24) is 50.7 Å². The molecule has 1 saturated carbocycles. The van der Waals surface area contributed by atoms with Gasteiger partial charge in [-0.2, -0.15) is 13.2 Å². The Morgan fingerprint density at radius 1 is 1.13 bits per heavy atom. The van der Waals surface area contributed by atoms with Gasteiger partial charge in [0.15, 0.2) is 11.6 Å². The van der Waals surface area contributed by atoms with Crippen molar-refractivity contribution in [2.45, 2.75) is 64.0 Å². The van der Waals surface area contributed by atoms with Crippen LogP contribution in [-0.4, -0.2) is 45.4 Å². The highest BCUT2D eigenvalue weighted by Crippen LogP contribution is 2.36. The SMILES string of the molecule is CCCn1nnnc1C(NC(C)c1nnnn1C1CC1)c1cccc(C(F)(F)F)n1. The summed E-state index contributed by atoms with van der Waals surface area (Å²) in [7, 11) is 0. The fourth-order valence-corrected chi connectivity index (χ4v) is 3.24. The number of aryl methyl sites for hydroxylation is 1. The summed E-state index contributed by atoms with van der Waals surface area (Å²) in [5.41, 5.74) is -0.814. The number of nitrogens with one attached hydrogen (secondary N) is 1. The number of pyridine rings is 1. The van der Waals surface area contributed by atoms with Gasteiger partial charge in [-0.05, 0) is 59.2 Å². The van der Waals surface area contributed by atoms with Crippen LogP contribution in [0.4, 0.5) is 13.2 Å². The largest absolute Gasteiger partial charge is 0.433 e. The molecule has 0 aromatic carbocycles. The van der Waals surface area contributed by atoms with Gasteiger partial charge in [0, 0.05) is 6.54 Å². The zero-order valence-corrected chi connectivity index (χ0v) is 16.5. The second kappa shape index (κ2) is 8.05. The van der Waals surface area contributed by atoms with Crippen molar-refractivity contribution in [1.29, 1.82) is 0 Å². The lowest BCUT2D eigenvalue weighted by Crippen LogP contribution is -2.31. The standard InChI is InChI=1S/C17H21F3N10/c1-3-9-29-16(24-25-27-29)14(12-5-4-6-13(22-12)17(18,19)20)21-10(2)15-23-26-28-30(15)11-7-8-11/h4-6,10-11,14,21H,3,7-9H2,1-2H3. The molecule has 160 valence electrons. The predicted octanol–water partition coefficient (Wildman–Crippen LogP) is 2.26. The second-order valence-electron chi connectivity index (χ2n) is 7.24. The predicted molar refractivity (Wildman–Crippen MR) is 96.8 cm³/mol. The molecule has 3 aromatic heterocycles. The van der Waals surface area contributed by atoms with Crippen LogP contribution in [0.3, 0.4) is 0 Å². The van der Waals surface area contributed by atoms with E-state index in [0.29, 0.717) is 18.2 Å². The van der Waals surface area contributed by atoms with E-state index in [0.717, 1.165) is 25.3 Å². The summed E-state index contributed by atoms with van der Waals surface area (Å²) in [6, 6.07) is 2.88. The summed E-state index contributed by atoms with van der Waals surface area (Å²) >= 11 is 0. The summed E-state index contributed by atoms with van der Waals surface area (Å²) in [5.74, 6) is 0.977. The van der Waals surface area contributed by atoms with Gasteiger partial charge in [0.25, 0.3) is 0 Å². The first-order valence-corrected chi connectivity index (χ1v) is 9.72. The molecule has 0 aliphatic heterocycles. The number of rotatable bonds is 8. The Kier molecular flexibility index (Phi) is 5.45. The molecule has 13 heteroatoms. The Bertz CT molecular complexity index is 994. The van der Waals surface area contributed by atoms with Gasteiger partial charge in [-0.3, -0.25) is 5.32 Å². The number of hydrogen-bond donors (Lipinski definition) is 1. The third kappa shape index (κ3) is 4.15. The number of hydrogen-bond acceptors (Lipinski definition) is 8. The molecule has 30 heavy (non-hydrogen) atoms. The molecule has 2 atom stereocenters. The van der Waals surface area contributed by atoms with Crippen LogP contribution >= 0.6 is 0 Å². The van der Waals surface area contributed by atoms with Crippen molar-refractivity contribution in [2.24, 2.45) is 0 Å². The average molecular weight is 422 g/mol. The molecule has 1 aliphatic rings. The molecular weight excluding hydrogens is 401 g/mol. The van der Waals surface area contributed by atoms with E-state index in [1.165, 1.54) is 12.1 Å². The molecule has 2 unspecified atom stereocenters. The minimum Gasteiger partial charge on any atom is -0.293 e. The number of nitrogens with zero attached hydrogens (tertiary/aromatic N) is 9. The zero-order chi connectivity index (χ0) is 21.3. The molecule has 0 spiro atoms. The minimum absolute atomic E-state index is 0.161. The van der Waals surface area contributed by atoms with E-state index in [4.69, 9.17) is 0 Å². The molecular formula is C17H21F3N10. The summed E-state index contributed by atoms with van der Waals surface area (Å²) in [4.78, 5) is 3.85. The van der Waals surface area contributed by atoms with Crippen molar-refractivity contribution in [3.63, 3.8) is 0 Å². The summed E-state index contributed by atoms with van der Waals surface area (Å²) in [6.45, 7) is 4.33. The molecule has 3 heterocycles. The fraction of sp³-hybridized carbons (Fsp3) is 0.588. The van der Waals surface area contributed by atoms with Crippen LogP contribution in [0, 0.1) is 0 Å². The zero-order valence-electron chi connectivity index (χ0n) is 16.5. The topological polar surface area (TPSA) is 112 Å². The quantitative estimate of drug-likeness (QED) is 0.588. The first-order valence-electron chi connectivity index (χ1n) is 9.72. The fourth-order valence-electron chi connectivity index (χ4n) is 3.24. The Morgan fingerprint density at radius 2 is 1.87 bits per heavy atom. The molecule has 0 saturated heterocycles. The van der Waals surface area contributed by atoms with Crippen molar-refractivity contribution in [3.8, 4) is 0 Å². The van der Waals surface area contributed by atoms with Crippen molar-refractivity contribution < 1.29 is 13.2 Å². The van der Waals surface area contributed by atoms with Crippen LogP contribution in [0.1, 0.15) is 74.3 Å². The number of aromatic nitrogens is 9. The van der Waals surface area contributed by atoms with Crippen molar-refractivity contribution >= 4 is 0 Å². The van der Waals surface area contributed by atoms with Crippen LogP contribution in [0.2, 0.25) is 0 Å². The molecule has 10 nitrogen and oxygen atoms in total. The van der Waals surface area contributed by atoms with E-state index in [1.54, 1.807) is 9.36 Å². The normalized spacial score (nSPS) is 16.6. The smallest absolute Gasteiger partial charge is 0.293 e. The maximum atomic E-state index is 13.2. The molecule has 3 aromatic rings. The van der Waals surface area contributed by atoms with Gasteiger partial charge in [-0.25, -0.2) is 14.3 Å². The minimum atomic E-state index is -4.56. The maximum Gasteiger partial charge on any atom is 0.433 e. The van der Waals surface area contributed by atoms with Crippen LogP contribution in [0.5, 0.6) is 0 Å². The Labute approximate surface area is 169 Å². The first kappa shape index (κ1) is 20.3. The van der Waals surface area contributed by atoms with E-state index in [9.17, 15) is 13.2 Å². The third-order valence-corrected chi connectivity index (χ3v) is 4.83. The monoisotopic (exact) mass is 422 g/mol. The summed E-state index contributed by atoms with van der Waals surface area (Å²) < 4.78 is 43.1. The second-order valence-corrected chi connectivity index (χ2v) is 7.24. The Hall–Kier alpha value is -2.96. The van der Waals surface area contributed by atoms with Gasteiger partial charge in [0.2, 0.25) is 0 Å². The van der Waals surface area contributed by atoms with Gasteiger partial charge in [-0.15, -0.1) is 10.2 Å². The molecule has 1 N–H and O–H groups in total. The molecule has 1 aliphatic carbocycles. The van der Waals surface area contributed by atoms with Gasteiger partial charge in [-0.1, -0.05) is 13.0 Å². The third-order valence-electron chi connectivity index (χ3n) is 4.83. The van der Waals surface area contributed by atoms with Crippen molar-refractivity contribution in [3.05, 3.63) is 41.2 Å². The van der Waals surface area contributed by atoms with E-state index in [-0.39, 0.29) is 17.8 Å². The lowest BCUT2D eigenvalue weighted by molar-refractivity contribution is -0.141. The van der Waals surface area contributed by atoms with E-state index < -0.39 is 17.9 Å². The van der Waals surface area contributed by atoms with Gasteiger partial charge < -0.3 is 0 Å². The highest BCUT2D eigenvalue weighted by Gasteiger charge is 2.35. The molecule has 0 amide bonds. The molecule has 1 fully saturated rings. The highest BCUT2D eigenvalue weighted by atomic mass is 19.4. The van der Waals surface area contributed by atoms with Crippen molar-refractivity contribution in [2.75, 3.05) is 0 Å². The lowest BCUT2D eigenvalue weighted by atomic mass is 10.1. The molecule has 0 radical (unpaired) electrons. The number of halogens is 3. The van der Waals surface area contributed by atoms with Gasteiger partial charge >= 0.3 is 6.18 Å². The Morgan fingerprint density at radius 3 is 2.57 bits per heavy atom. The van der Waals surface area contributed by atoms with Gasteiger partial charge in [0.05, 0.1) is 17.8 Å². The van der Waals surface area contributed by atoms with E-state index >= 15 is 0 Å². The van der Waals surface area contributed by atoms with Crippen LogP contribution < -0.4 is 5.32 Å². The Balaban J connectivity index is 1.70. The summed E-state index contributed by atoms with van der Waals surface area (Å²) in [6.07, 6.45) is -1.80. The molecule has 0 bridgehead atoms. The highest BCUT2D eigenvalue weighted by molar-refractivity contribution is 5.22. The first-order chi connectivity index (χ1) is 14.4. The average Bonchev–Trinajstić information content (AvgIpc) is 3.25. The van der Waals surface area contributed by atoms with E-state index in [2.05, 4.69) is 41.4 Å². The maximum absolute atomic E-state index is 13.2. The lowest BCUT2D eigenvalue weighted by Gasteiger charge is -2.22. The van der Waals surface area contributed by atoms with Crippen LogP contribution in [0.25, 0.3) is 0 Å². The number of alkyl halides is 3. The summed E-state index contributed by atoms with van der Waals surface area (Å²) in [5, 5.41) is 26.9. The van der Waals surface area contributed by atoms with Crippen LogP contribution in [0.15, 0.2) is 18.2 Å². The van der Waals surface area contributed by atoms with Crippen LogP contribution in [-0.2, 0) is 12.7 Å².